The van der Waals surface area contributed by atoms with Gasteiger partial charge in [-0.2, -0.15) is 0 Å². The predicted octanol–water partition coefficient (Wildman–Crippen LogP) is 3.37. The summed E-state index contributed by atoms with van der Waals surface area (Å²) in [7, 11) is 0. The smallest absolute Gasteiger partial charge is 0.323 e. The minimum Gasteiger partial charge on any atom is -0.480 e. The number of rotatable bonds is 13. The highest BCUT2D eigenvalue weighted by Gasteiger charge is 2.31. The van der Waals surface area contributed by atoms with Gasteiger partial charge in [0.2, 0.25) is 0 Å². The zero-order valence-electron chi connectivity index (χ0n) is 14.7. The Kier molecular flexibility index (Phi) is 10.7. The lowest BCUT2D eigenvalue weighted by molar-refractivity contribution is -0.144. The summed E-state index contributed by atoms with van der Waals surface area (Å²) in [6.45, 7) is 14.5. The summed E-state index contributed by atoms with van der Waals surface area (Å²) in [5, 5.41) is 12.6. The third-order valence-corrected chi connectivity index (χ3v) is 4.51. The van der Waals surface area contributed by atoms with E-state index in [0.29, 0.717) is 6.42 Å². The zero-order valence-corrected chi connectivity index (χ0v) is 14.7. The van der Waals surface area contributed by atoms with E-state index in [-0.39, 0.29) is 0 Å². The van der Waals surface area contributed by atoms with Gasteiger partial charge >= 0.3 is 5.97 Å². The molecule has 0 aromatic heterocycles. The molecule has 0 radical (unpaired) electrons. The first kappa shape index (κ1) is 20.4. The largest absolute Gasteiger partial charge is 0.480 e. The van der Waals surface area contributed by atoms with Crippen molar-refractivity contribution in [3.05, 3.63) is 0 Å². The fourth-order valence-corrected chi connectivity index (χ4v) is 2.62. The van der Waals surface area contributed by atoms with E-state index in [4.69, 9.17) is 0 Å². The van der Waals surface area contributed by atoms with Crippen LogP contribution < -0.4 is 5.32 Å². The highest BCUT2D eigenvalue weighted by molar-refractivity contribution is 5.78. The molecule has 21 heavy (non-hydrogen) atoms. The molecule has 0 spiro atoms. The van der Waals surface area contributed by atoms with Crippen molar-refractivity contribution in [3.8, 4) is 0 Å². The molecule has 0 amide bonds. The van der Waals surface area contributed by atoms with E-state index in [1.165, 1.54) is 12.8 Å². The van der Waals surface area contributed by atoms with Gasteiger partial charge in [-0.05, 0) is 51.7 Å². The normalized spacial score (nSPS) is 14.6. The molecular weight excluding hydrogens is 264 g/mol. The van der Waals surface area contributed by atoms with E-state index in [1.807, 2.05) is 6.92 Å². The molecule has 0 aromatic rings. The summed E-state index contributed by atoms with van der Waals surface area (Å²) in [6.07, 6.45) is 5.00. The molecule has 1 atom stereocenters. The average Bonchev–Trinajstić information content (AvgIpc) is 2.48. The van der Waals surface area contributed by atoms with Crippen LogP contribution in [0.4, 0.5) is 0 Å². The van der Waals surface area contributed by atoms with Gasteiger partial charge in [-0.15, -0.1) is 0 Å². The SMILES string of the molecule is CCCNC(C)(CCCN(CC)CC(CC)CC)C(=O)O. The minimum atomic E-state index is -0.787. The van der Waals surface area contributed by atoms with Crippen molar-refractivity contribution in [2.45, 2.75) is 72.3 Å². The molecule has 2 N–H and O–H groups in total. The number of carboxylic acids is 1. The quantitative estimate of drug-likeness (QED) is 0.547. The summed E-state index contributed by atoms with van der Waals surface area (Å²) in [6, 6.07) is 0. The fourth-order valence-electron chi connectivity index (χ4n) is 2.62. The van der Waals surface area contributed by atoms with E-state index in [1.54, 1.807) is 0 Å². The van der Waals surface area contributed by atoms with Crippen LogP contribution in [0.2, 0.25) is 0 Å². The van der Waals surface area contributed by atoms with Crippen molar-refractivity contribution in [1.82, 2.24) is 10.2 Å². The molecule has 126 valence electrons. The molecule has 0 fully saturated rings. The topological polar surface area (TPSA) is 52.6 Å². The second kappa shape index (κ2) is 11.0. The number of hydrogen-bond donors (Lipinski definition) is 2. The predicted molar refractivity (Wildman–Crippen MR) is 89.8 cm³/mol. The molecule has 0 aliphatic rings. The third-order valence-electron chi connectivity index (χ3n) is 4.51. The molecular formula is C17H36N2O2. The van der Waals surface area contributed by atoms with Gasteiger partial charge in [0.1, 0.15) is 5.54 Å². The van der Waals surface area contributed by atoms with Gasteiger partial charge < -0.3 is 15.3 Å². The summed E-state index contributed by atoms with van der Waals surface area (Å²) < 4.78 is 0. The van der Waals surface area contributed by atoms with Gasteiger partial charge in [0.15, 0.2) is 0 Å². The summed E-state index contributed by atoms with van der Waals surface area (Å²) in [5.74, 6) is 0.0213. The van der Waals surface area contributed by atoms with Crippen LogP contribution in [0, 0.1) is 5.92 Å². The van der Waals surface area contributed by atoms with Crippen LogP contribution in [0.25, 0.3) is 0 Å². The minimum absolute atomic E-state index is 0.682. The second-order valence-corrected chi connectivity index (χ2v) is 6.24. The van der Waals surface area contributed by atoms with Crippen LogP contribution in [0.15, 0.2) is 0 Å². The lowest BCUT2D eigenvalue weighted by Gasteiger charge is -2.29. The van der Waals surface area contributed by atoms with E-state index < -0.39 is 11.5 Å². The van der Waals surface area contributed by atoms with Crippen LogP contribution in [-0.4, -0.2) is 47.7 Å². The number of carbonyl (C=O) groups is 1. The molecule has 0 saturated carbocycles. The van der Waals surface area contributed by atoms with Gasteiger partial charge in [-0.3, -0.25) is 4.79 Å². The number of nitrogens with one attached hydrogen (secondary N) is 1. The second-order valence-electron chi connectivity index (χ2n) is 6.24. The monoisotopic (exact) mass is 300 g/mol. The average molecular weight is 300 g/mol. The molecule has 0 aliphatic carbocycles. The van der Waals surface area contributed by atoms with Gasteiger partial charge in [0.25, 0.3) is 0 Å². The highest BCUT2D eigenvalue weighted by Crippen LogP contribution is 2.15. The van der Waals surface area contributed by atoms with Crippen molar-refractivity contribution < 1.29 is 9.90 Å². The number of carboxylic acid groups (broad SMARTS) is 1. The Morgan fingerprint density at radius 3 is 2.29 bits per heavy atom. The molecule has 4 nitrogen and oxygen atoms in total. The van der Waals surface area contributed by atoms with Crippen molar-refractivity contribution >= 4 is 5.97 Å². The van der Waals surface area contributed by atoms with Crippen LogP contribution in [0.5, 0.6) is 0 Å². The maximum atomic E-state index is 11.5. The number of nitrogens with zero attached hydrogens (tertiary/aromatic N) is 1. The van der Waals surface area contributed by atoms with Crippen molar-refractivity contribution in [2.75, 3.05) is 26.2 Å². The van der Waals surface area contributed by atoms with E-state index in [9.17, 15) is 9.90 Å². The maximum Gasteiger partial charge on any atom is 0.323 e. The van der Waals surface area contributed by atoms with Gasteiger partial charge in [0.05, 0.1) is 0 Å². The van der Waals surface area contributed by atoms with Crippen molar-refractivity contribution in [2.24, 2.45) is 5.92 Å². The molecule has 1 unspecified atom stereocenters. The van der Waals surface area contributed by atoms with Crippen molar-refractivity contribution in [3.63, 3.8) is 0 Å². The standard InChI is InChI=1S/C17H36N2O2/c1-6-12-18-17(5,16(20)21)11-10-13-19(9-4)14-15(7-2)8-3/h15,18H,6-14H2,1-5H3,(H,20,21). The highest BCUT2D eigenvalue weighted by atomic mass is 16.4. The zero-order chi connectivity index (χ0) is 16.3. The maximum absolute atomic E-state index is 11.5. The third kappa shape index (κ3) is 7.82. The van der Waals surface area contributed by atoms with Crippen LogP contribution in [-0.2, 0) is 4.79 Å². The summed E-state index contributed by atoms with van der Waals surface area (Å²) in [5.41, 5.74) is -0.787. The first-order valence-electron chi connectivity index (χ1n) is 8.64. The van der Waals surface area contributed by atoms with Crippen LogP contribution in [0.1, 0.15) is 66.7 Å². The molecule has 0 rings (SSSR count). The fraction of sp³-hybridized carbons (Fsp3) is 0.941. The Hall–Kier alpha value is -0.610. The van der Waals surface area contributed by atoms with Crippen molar-refractivity contribution in [1.29, 1.82) is 0 Å². The number of hydrogen-bond acceptors (Lipinski definition) is 3. The van der Waals surface area contributed by atoms with Gasteiger partial charge in [0, 0.05) is 6.54 Å². The first-order chi connectivity index (χ1) is 9.93. The van der Waals surface area contributed by atoms with Gasteiger partial charge in [-0.1, -0.05) is 40.5 Å². The lowest BCUT2D eigenvalue weighted by Crippen LogP contribution is -2.50. The van der Waals surface area contributed by atoms with E-state index in [2.05, 4.69) is 37.9 Å². The van der Waals surface area contributed by atoms with E-state index in [0.717, 1.165) is 44.9 Å². The van der Waals surface area contributed by atoms with Crippen LogP contribution in [0.3, 0.4) is 0 Å². The Bertz CT molecular complexity index is 280. The molecule has 0 heterocycles. The van der Waals surface area contributed by atoms with Gasteiger partial charge in [-0.25, -0.2) is 0 Å². The molecule has 0 bridgehead atoms. The summed E-state index contributed by atoms with van der Waals surface area (Å²) in [4.78, 5) is 13.9. The molecule has 0 aromatic carbocycles. The van der Waals surface area contributed by atoms with Crippen LogP contribution >= 0.6 is 0 Å². The number of aliphatic carboxylic acids is 1. The lowest BCUT2D eigenvalue weighted by atomic mass is 9.95. The first-order valence-corrected chi connectivity index (χ1v) is 8.64. The Morgan fingerprint density at radius 1 is 1.24 bits per heavy atom. The Balaban J connectivity index is 4.30. The Labute approximate surface area is 131 Å². The molecule has 0 saturated heterocycles. The summed E-state index contributed by atoms with van der Waals surface area (Å²) >= 11 is 0. The molecule has 4 heteroatoms. The Morgan fingerprint density at radius 2 is 1.86 bits per heavy atom. The molecule has 0 aliphatic heterocycles. The van der Waals surface area contributed by atoms with E-state index >= 15 is 0 Å².